The molecule has 0 unspecified atom stereocenters. The zero-order chi connectivity index (χ0) is 11.2. The maximum Gasteiger partial charge on any atom is 0.434 e. The van der Waals surface area contributed by atoms with Crippen molar-refractivity contribution >= 4 is 0 Å². The van der Waals surface area contributed by atoms with Gasteiger partial charge in [0.15, 0.2) is 5.69 Å². The Hall–Kier alpha value is -1.00. The SMILES string of the molecule is CC(C)n1cc(C(F)(F)F)nc1C1CC1. The van der Waals surface area contributed by atoms with E-state index in [4.69, 9.17) is 0 Å². The summed E-state index contributed by atoms with van der Waals surface area (Å²) in [5, 5.41) is 0. The van der Waals surface area contributed by atoms with E-state index in [1.54, 1.807) is 4.57 Å². The van der Waals surface area contributed by atoms with Gasteiger partial charge in [0.1, 0.15) is 5.82 Å². The highest BCUT2D eigenvalue weighted by Gasteiger charge is 2.38. The van der Waals surface area contributed by atoms with E-state index in [1.165, 1.54) is 0 Å². The molecule has 1 fully saturated rings. The molecule has 1 aliphatic rings. The van der Waals surface area contributed by atoms with Gasteiger partial charge >= 0.3 is 6.18 Å². The smallest absolute Gasteiger partial charge is 0.332 e. The molecule has 0 spiro atoms. The van der Waals surface area contributed by atoms with Crippen LogP contribution in [0.4, 0.5) is 13.2 Å². The predicted molar refractivity (Wildman–Crippen MR) is 49.6 cm³/mol. The highest BCUT2D eigenvalue weighted by Crippen LogP contribution is 2.41. The van der Waals surface area contributed by atoms with Gasteiger partial charge in [-0.1, -0.05) is 0 Å². The Morgan fingerprint density at radius 1 is 1.40 bits per heavy atom. The van der Waals surface area contributed by atoms with Gasteiger partial charge in [0, 0.05) is 18.2 Å². The van der Waals surface area contributed by atoms with Crippen molar-refractivity contribution < 1.29 is 13.2 Å². The minimum Gasteiger partial charge on any atom is -0.332 e. The zero-order valence-electron chi connectivity index (χ0n) is 8.67. The van der Waals surface area contributed by atoms with Crippen LogP contribution in [0.3, 0.4) is 0 Å². The van der Waals surface area contributed by atoms with Crippen molar-refractivity contribution in [3.8, 4) is 0 Å². The number of hydrogen-bond acceptors (Lipinski definition) is 1. The first kappa shape index (κ1) is 10.5. The van der Waals surface area contributed by atoms with Gasteiger partial charge in [-0.2, -0.15) is 13.2 Å². The number of hydrogen-bond donors (Lipinski definition) is 0. The second kappa shape index (κ2) is 3.25. The molecule has 1 heterocycles. The van der Waals surface area contributed by atoms with Crippen LogP contribution in [0.25, 0.3) is 0 Å². The van der Waals surface area contributed by atoms with Gasteiger partial charge in [0.2, 0.25) is 0 Å². The van der Waals surface area contributed by atoms with E-state index in [9.17, 15) is 13.2 Å². The summed E-state index contributed by atoms with van der Waals surface area (Å²) in [7, 11) is 0. The fourth-order valence-corrected chi connectivity index (χ4v) is 1.60. The standard InChI is InChI=1S/C10H13F3N2/c1-6(2)15-5-8(10(11,12)13)14-9(15)7-3-4-7/h5-7H,3-4H2,1-2H3. The minimum absolute atomic E-state index is 0.0317. The predicted octanol–water partition coefficient (Wildman–Crippen LogP) is 3.36. The van der Waals surface area contributed by atoms with E-state index in [2.05, 4.69) is 4.98 Å². The van der Waals surface area contributed by atoms with Gasteiger partial charge in [-0.05, 0) is 26.7 Å². The highest BCUT2D eigenvalue weighted by atomic mass is 19.4. The topological polar surface area (TPSA) is 17.8 Å². The molecule has 0 aliphatic heterocycles. The van der Waals surface area contributed by atoms with Crippen LogP contribution in [-0.4, -0.2) is 9.55 Å². The maximum absolute atomic E-state index is 12.5. The third-order valence-electron chi connectivity index (χ3n) is 2.55. The third kappa shape index (κ3) is 2.01. The van der Waals surface area contributed by atoms with E-state index < -0.39 is 11.9 Å². The highest BCUT2D eigenvalue weighted by molar-refractivity contribution is 5.15. The van der Waals surface area contributed by atoms with Crippen molar-refractivity contribution in [2.24, 2.45) is 0 Å². The number of alkyl halides is 3. The number of rotatable bonds is 2. The summed E-state index contributed by atoms with van der Waals surface area (Å²) in [6, 6.07) is 0.0317. The Bertz CT molecular complexity index is 342. The monoisotopic (exact) mass is 218 g/mol. The van der Waals surface area contributed by atoms with Crippen LogP contribution in [0.5, 0.6) is 0 Å². The molecule has 0 aromatic carbocycles. The fraction of sp³-hybridized carbons (Fsp3) is 0.700. The first-order chi connectivity index (χ1) is 6.89. The maximum atomic E-state index is 12.5. The second-order valence-electron chi connectivity index (χ2n) is 4.26. The number of halogens is 3. The fourth-order valence-electron chi connectivity index (χ4n) is 1.60. The summed E-state index contributed by atoms with van der Waals surface area (Å²) in [5.41, 5.74) is -0.766. The summed E-state index contributed by atoms with van der Waals surface area (Å²) >= 11 is 0. The molecule has 1 saturated carbocycles. The lowest BCUT2D eigenvalue weighted by atomic mass is 10.3. The molecule has 84 valence electrons. The van der Waals surface area contributed by atoms with Gasteiger partial charge in [0.25, 0.3) is 0 Å². The van der Waals surface area contributed by atoms with E-state index >= 15 is 0 Å². The van der Waals surface area contributed by atoms with Crippen LogP contribution in [0.1, 0.15) is 50.2 Å². The van der Waals surface area contributed by atoms with Crippen molar-refractivity contribution in [2.75, 3.05) is 0 Å². The summed E-state index contributed by atoms with van der Waals surface area (Å²) < 4.78 is 39.0. The van der Waals surface area contributed by atoms with E-state index in [0.29, 0.717) is 5.82 Å². The summed E-state index contributed by atoms with van der Waals surface area (Å²) in [4.78, 5) is 3.70. The van der Waals surface area contributed by atoms with Crippen LogP contribution < -0.4 is 0 Å². The summed E-state index contributed by atoms with van der Waals surface area (Å²) in [6.07, 6.45) is -1.29. The lowest BCUT2D eigenvalue weighted by Gasteiger charge is -2.09. The quantitative estimate of drug-likeness (QED) is 0.744. The average molecular weight is 218 g/mol. The van der Waals surface area contributed by atoms with Gasteiger partial charge in [-0.25, -0.2) is 4.98 Å². The molecular weight excluding hydrogens is 205 g/mol. The largest absolute Gasteiger partial charge is 0.434 e. The van der Waals surface area contributed by atoms with Crippen molar-refractivity contribution in [3.63, 3.8) is 0 Å². The third-order valence-corrected chi connectivity index (χ3v) is 2.55. The molecule has 1 aliphatic carbocycles. The van der Waals surface area contributed by atoms with Crippen LogP contribution in [0.2, 0.25) is 0 Å². The van der Waals surface area contributed by atoms with E-state index in [-0.39, 0.29) is 12.0 Å². The minimum atomic E-state index is -4.33. The molecule has 0 radical (unpaired) electrons. The molecule has 5 heteroatoms. The average Bonchev–Trinajstić information content (AvgIpc) is 2.81. The molecule has 0 N–H and O–H groups in total. The van der Waals surface area contributed by atoms with Gasteiger partial charge < -0.3 is 4.57 Å². The zero-order valence-corrected chi connectivity index (χ0v) is 8.67. The molecule has 0 bridgehead atoms. The van der Waals surface area contributed by atoms with Gasteiger partial charge in [-0.3, -0.25) is 0 Å². The first-order valence-electron chi connectivity index (χ1n) is 5.05. The lowest BCUT2D eigenvalue weighted by Crippen LogP contribution is -2.05. The molecule has 0 atom stereocenters. The van der Waals surface area contributed by atoms with Crippen LogP contribution >= 0.6 is 0 Å². The molecule has 0 amide bonds. The lowest BCUT2D eigenvalue weighted by molar-refractivity contribution is -0.141. The first-order valence-corrected chi connectivity index (χ1v) is 5.05. The Morgan fingerprint density at radius 3 is 2.40 bits per heavy atom. The van der Waals surface area contributed by atoms with Gasteiger partial charge in [0.05, 0.1) is 0 Å². The van der Waals surface area contributed by atoms with E-state index in [0.717, 1.165) is 19.0 Å². The van der Waals surface area contributed by atoms with Crippen molar-refractivity contribution in [1.82, 2.24) is 9.55 Å². The molecular formula is C10H13F3N2. The number of imidazole rings is 1. The van der Waals surface area contributed by atoms with Crippen LogP contribution in [0, 0.1) is 0 Å². The second-order valence-corrected chi connectivity index (χ2v) is 4.26. The van der Waals surface area contributed by atoms with E-state index in [1.807, 2.05) is 13.8 Å². The van der Waals surface area contributed by atoms with Crippen LogP contribution in [-0.2, 0) is 6.18 Å². The van der Waals surface area contributed by atoms with Gasteiger partial charge in [-0.15, -0.1) is 0 Å². The van der Waals surface area contributed by atoms with Crippen molar-refractivity contribution in [3.05, 3.63) is 17.7 Å². The Kier molecular flexibility index (Phi) is 2.28. The molecule has 1 aromatic rings. The number of aromatic nitrogens is 2. The Balaban J connectivity index is 2.40. The summed E-state index contributed by atoms with van der Waals surface area (Å²) in [6.45, 7) is 3.74. The molecule has 15 heavy (non-hydrogen) atoms. The normalized spacial score (nSPS) is 17.5. The molecule has 0 saturated heterocycles. The number of nitrogens with zero attached hydrogens (tertiary/aromatic N) is 2. The molecule has 2 rings (SSSR count). The van der Waals surface area contributed by atoms with Crippen LogP contribution in [0.15, 0.2) is 6.20 Å². The molecule has 2 nitrogen and oxygen atoms in total. The Labute approximate surface area is 86.1 Å². The van der Waals surface area contributed by atoms with Crippen molar-refractivity contribution in [1.29, 1.82) is 0 Å². The summed E-state index contributed by atoms with van der Waals surface area (Å²) in [5.74, 6) is 0.834. The molecule has 1 aromatic heterocycles. The Morgan fingerprint density at radius 2 is 2.00 bits per heavy atom. The van der Waals surface area contributed by atoms with Crippen molar-refractivity contribution in [2.45, 2.75) is 44.8 Å².